The normalized spacial score (nSPS) is 11.4. The highest BCUT2D eigenvalue weighted by atomic mass is 16.5. The van der Waals surface area contributed by atoms with Crippen LogP contribution in [-0.2, 0) is 0 Å². The first-order valence-corrected chi connectivity index (χ1v) is 24.3. The lowest BCUT2D eigenvalue weighted by Gasteiger charge is -2.25. The number of ether oxygens (including phenoxy) is 2. The molecule has 0 aliphatic rings. The van der Waals surface area contributed by atoms with Gasteiger partial charge in [-0.3, -0.25) is 0 Å². The van der Waals surface area contributed by atoms with Crippen molar-refractivity contribution < 1.29 is 9.47 Å². The highest BCUT2D eigenvalue weighted by molar-refractivity contribution is 6.22. The van der Waals surface area contributed by atoms with Crippen LogP contribution >= 0.6 is 0 Å². The van der Waals surface area contributed by atoms with Crippen molar-refractivity contribution in [2.24, 2.45) is 0 Å². The molecule has 11 aromatic carbocycles. The Bertz CT molecular complexity index is 3320. The highest BCUT2D eigenvalue weighted by Crippen LogP contribution is 2.46. The summed E-state index contributed by atoms with van der Waals surface area (Å²) >= 11 is 0. The number of anilines is 6. The number of fused-ring (bicyclic) bond motifs is 3. The van der Waals surface area contributed by atoms with Gasteiger partial charge in [-0.05, 0) is 175 Å². The molecule has 0 amide bonds. The minimum Gasteiger partial charge on any atom is -0.497 e. The molecule has 0 saturated heterocycles. The first-order valence-electron chi connectivity index (χ1n) is 24.3. The predicted octanol–water partition coefficient (Wildman–Crippen LogP) is 18.6. The Morgan fingerprint density at radius 2 is 0.542 bits per heavy atom. The Kier molecular flexibility index (Phi) is 13.0. The molecule has 0 radical (unpaired) electrons. The topological polar surface area (TPSA) is 24.9 Å². The van der Waals surface area contributed by atoms with E-state index in [1.54, 1.807) is 14.2 Å². The molecular weight excluding hydrogens is 877 g/mol. The van der Waals surface area contributed by atoms with Gasteiger partial charge < -0.3 is 19.3 Å². The molecule has 0 bridgehead atoms. The van der Waals surface area contributed by atoms with Crippen LogP contribution in [0.1, 0.15) is 22.3 Å². The number of hydrogen-bond donors (Lipinski definition) is 0. The van der Waals surface area contributed by atoms with Gasteiger partial charge in [-0.15, -0.1) is 0 Å². The van der Waals surface area contributed by atoms with Gasteiger partial charge in [0.05, 0.1) is 14.2 Å². The Morgan fingerprint density at radius 3 is 0.847 bits per heavy atom. The molecule has 0 N–H and O–H groups in total. The lowest BCUT2D eigenvalue weighted by Crippen LogP contribution is -2.09. The Balaban J connectivity index is 0.996. The van der Waals surface area contributed by atoms with Gasteiger partial charge in [-0.25, -0.2) is 0 Å². The van der Waals surface area contributed by atoms with Gasteiger partial charge in [-0.1, -0.05) is 170 Å². The Labute approximate surface area is 422 Å². The molecule has 72 heavy (non-hydrogen) atoms. The monoisotopic (exact) mass is 928 g/mol. The molecule has 11 aromatic rings. The van der Waals surface area contributed by atoms with E-state index in [0.29, 0.717) is 0 Å². The average Bonchev–Trinajstić information content (AvgIpc) is 3.45. The average molecular weight is 929 g/mol. The van der Waals surface area contributed by atoms with Gasteiger partial charge in [0.25, 0.3) is 0 Å². The zero-order valence-electron chi connectivity index (χ0n) is 40.3. The standard InChI is InChI=1S/C68H52N2O2/c1-71-61-41-33-53(34-42-61)67-63-45-31-51(25-23-49-27-37-59(38-28-49)69(55-15-7-3-8-16-55)56-17-9-4-10-18-56)47-65(63)66-48-52(32-46-64(66)68(67)54-35-43-62(72-2)44-36-54)26-24-50-29-39-60(40-30-50)70(57-19-11-5-12-20-57)58-21-13-6-14-22-58/h3-48H,1-2H3/b25-23+,26-24+. The molecular formula is C68H52N2O2. The van der Waals surface area contributed by atoms with Crippen molar-refractivity contribution in [1.29, 1.82) is 0 Å². The minimum atomic E-state index is 0.818. The smallest absolute Gasteiger partial charge is 0.118 e. The maximum absolute atomic E-state index is 5.63. The first kappa shape index (κ1) is 45.1. The van der Waals surface area contributed by atoms with E-state index in [2.05, 4.69) is 265 Å². The number of methoxy groups -OCH3 is 2. The maximum Gasteiger partial charge on any atom is 0.118 e. The zero-order valence-corrected chi connectivity index (χ0v) is 40.3. The second-order valence-corrected chi connectivity index (χ2v) is 17.7. The summed E-state index contributed by atoms with van der Waals surface area (Å²) in [7, 11) is 3.42. The number of benzene rings is 11. The fraction of sp³-hybridized carbons (Fsp3) is 0.0294. The SMILES string of the molecule is COc1ccc(-c2c(-c3ccc(OC)cc3)c3ccc(/C=C/c4ccc(N(c5ccccc5)c5ccccc5)cc4)cc3c3cc(/C=C/c4ccc(N(c5ccccc5)c5ccccc5)cc4)ccc23)cc1. The Hall–Kier alpha value is -9.38. The quantitative estimate of drug-likeness (QED) is 0.0801. The number of nitrogens with zero attached hydrogens (tertiary/aromatic N) is 2. The molecule has 11 rings (SSSR count). The third-order valence-electron chi connectivity index (χ3n) is 13.2. The van der Waals surface area contributed by atoms with Crippen molar-refractivity contribution in [3.63, 3.8) is 0 Å². The summed E-state index contributed by atoms with van der Waals surface area (Å²) in [6.45, 7) is 0. The zero-order chi connectivity index (χ0) is 48.6. The van der Waals surface area contributed by atoms with Gasteiger partial charge in [0.1, 0.15) is 11.5 Å². The third-order valence-corrected chi connectivity index (χ3v) is 13.2. The van der Waals surface area contributed by atoms with E-state index in [4.69, 9.17) is 9.47 Å². The van der Waals surface area contributed by atoms with Crippen LogP contribution in [0.25, 0.3) is 68.1 Å². The summed E-state index contributed by atoms with van der Waals surface area (Å²) in [5.74, 6) is 1.64. The molecule has 4 heteroatoms. The van der Waals surface area contributed by atoms with Gasteiger partial charge >= 0.3 is 0 Å². The van der Waals surface area contributed by atoms with Crippen molar-refractivity contribution >= 4 is 80.0 Å². The van der Waals surface area contributed by atoms with Gasteiger partial charge in [0.2, 0.25) is 0 Å². The molecule has 0 fully saturated rings. The van der Waals surface area contributed by atoms with E-state index < -0.39 is 0 Å². The van der Waals surface area contributed by atoms with E-state index in [9.17, 15) is 0 Å². The van der Waals surface area contributed by atoms with Crippen molar-refractivity contribution in [3.05, 3.63) is 277 Å². The summed E-state index contributed by atoms with van der Waals surface area (Å²) in [6.07, 6.45) is 8.86. The van der Waals surface area contributed by atoms with Crippen molar-refractivity contribution in [2.45, 2.75) is 0 Å². The molecule has 0 heterocycles. The molecule has 0 spiro atoms. The maximum atomic E-state index is 5.63. The highest BCUT2D eigenvalue weighted by Gasteiger charge is 2.19. The lowest BCUT2D eigenvalue weighted by molar-refractivity contribution is 0.414. The molecule has 0 aliphatic heterocycles. The summed E-state index contributed by atoms with van der Waals surface area (Å²) < 4.78 is 11.3. The van der Waals surface area contributed by atoms with Crippen molar-refractivity contribution in [2.75, 3.05) is 24.0 Å². The molecule has 0 atom stereocenters. The van der Waals surface area contributed by atoms with Gasteiger partial charge in [0, 0.05) is 34.1 Å². The number of rotatable bonds is 14. The van der Waals surface area contributed by atoms with Crippen molar-refractivity contribution in [1.82, 2.24) is 0 Å². The summed E-state index contributed by atoms with van der Waals surface area (Å²) in [6, 6.07) is 90.2. The third kappa shape index (κ3) is 9.50. The molecule has 0 aromatic heterocycles. The van der Waals surface area contributed by atoms with Gasteiger partial charge in [0.15, 0.2) is 0 Å². The predicted molar refractivity (Wildman–Crippen MR) is 306 cm³/mol. The van der Waals surface area contributed by atoms with E-state index in [1.807, 2.05) is 24.3 Å². The molecule has 0 aliphatic carbocycles. The summed E-state index contributed by atoms with van der Waals surface area (Å²) in [4.78, 5) is 4.57. The number of para-hydroxylation sites is 4. The second-order valence-electron chi connectivity index (χ2n) is 17.7. The van der Waals surface area contributed by atoms with E-state index in [-0.39, 0.29) is 0 Å². The van der Waals surface area contributed by atoms with Gasteiger partial charge in [-0.2, -0.15) is 0 Å². The summed E-state index contributed by atoms with van der Waals surface area (Å²) in [5, 5.41) is 4.68. The van der Waals surface area contributed by atoms with E-state index in [0.717, 1.165) is 79.0 Å². The lowest BCUT2D eigenvalue weighted by atomic mass is 9.84. The van der Waals surface area contributed by atoms with Crippen LogP contribution in [0.2, 0.25) is 0 Å². The van der Waals surface area contributed by atoms with Crippen LogP contribution in [0.5, 0.6) is 11.5 Å². The van der Waals surface area contributed by atoms with Crippen LogP contribution in [0.4, 0.5) is 34.1 Å². The first-order chi connectivity index (χ1) is 35.6. The van der Waals surface area contributed by atoms with Crippen LogP contribution < -0.4 is 19.3 Å². The van der Waals surface area contributed by atoms with Crippen LogP contribution in [0.15, 0.2) is 255 Å². The molecule has 0 unspecified atom stereocenters. The minimum absolute atomic E-state index is 0.818. The fourth-order valence-corrected chi connectivity index (χ4v) is 9.65. The molecule has 346 valence electrons. The number of hydrogen-bond acceptors (Lipinski definition) is 4. The van der Waals surface area contributed by atoms with Crippen LogP contribution in [0.3, 0.4) is 0 Å². The second kappa shape index (κ2) is 20.7. The van der Waals surface area contributed by atoms with Crippen LogP contribution in [0, 0.1) is 0 Å². The molecule has 4 nitrogen and oxygen atoms in total. The Morgan fingerprint density at radius 1 is 0.264 bits per heavy atom. The molecule has 0 saturated carbocycles. The van der Waals surface area contributed by atoms with E-state index >= 15 is 0 Å². The largest absolute Gasteiger partial charge is 0.497 e. The summed E-state index contributed by atoms with van der Waals surface area (Å²) in [5.41, 5.74) is 15.7. The van der Waals surface area contributed by atoms with E-state index in [1.165, 1.54) is 32.7 Å². The fourth-order valence-electron chi connectivity index (χ4n) is 9.65. The van der Waals surface area contributed by atoms with Crippen LogP contribution in [-0.4, -0.2) is 14.2 Å². The van der Waals surface area contributed by atoms with Crippen molar-refractivity contribution in [3.8, 4) is 33.8 Å².